The van der Waals surface area contributed by atoms with Crippen LogP contribution in [0.5, 0.6) is 0 Å². The Morgan fingerprint density at radius 2 is 2.18 bits per heavy atom. The minimum atomic E-state index is -0.207. The first-order chi connectivity index (χ1) is 10.5. The van der Waals surface area contributed by atoms with Crippen LogP contribution in [-0.2, 0) is 0 Å². The van der Waals surface area contributed by atoms with Crippen molar-refractivity contribution in [2.24, 2.45) is 10.9 Å². The van der Waals surface area contributed by atoms with Crippen molar-refractivity contribution in [3.63, 3.8) is 0 Å². The summed E-state index contributed by atoms with van der Waals surface area (Å²) in [6, 6.07) is 0. The Hall–Kier alpha value is -0.810. The van der Waals surface area contributed by atoms with Crippen molar-refractivity contribution in [3.05, 3.63) is 0 Å². The lowest BCUT2D eigenvalue weighted by atomic mass is 9.75. The molecule has 1 saturated carbocycles. The third-order valence-electron chi connectivity index (χ3n) is 5.34. The molecule has 0 radical (unpaired) electrons. The Morgan fingerprint density at radius 3 is 2.73 bits per heavy atom. The van der Waals surface area contributed by atoms with Gasteiger partial charge in [0.25, 0.3) is 0 Å². The number of hydrogen-bond donors (Lipinski definition) is 2. The van der Waals surface area contributed by atoms with Crippen LogP contribution in [0, 0.1) is 5.92 Å². The standard InChI is InChI=1S/C17H34N4O/c1-5-18-16(21-10-8-15(22)12-21)19-13-17(20(3)4)9-6-7-14(2)11-17/h14-15,22H,5-13H2,1-4H3,(H,18,19)/t14?,15-,17?/m1/s1. The Bertz CT molecular complexity index is 385. The minimum Gasteiger partial charge on any atom is -0.391 e. The van der Waals surface area contributed by atoms with Gasteiger partial charge in [-0.05, 0) is 46.2 Å². The molecule has 1 aliphatic heterocycles. The summed E-state index contributed by atoms with van der Waals surface area (Å²) < 4.78 is 0. The fourth-order valence-electron chi connectivity index (χ4n) is 3.91. The fourth-order valence-corrected chi connectivity index (χ4v) is 3.91. The van der Waals surface area contributed by atoms with Crippen molar-refractivity contribution in [3.8, 4) is 0 Å². The summed E-state index contributed by atoms with van der Waals surface area (Å²) in [6.07, 6.45) is 5.74. The number of aliphatic imine (C=N–C) groups is 1. The lowest BCUT2D eigenvalue weighted by Crippen LogP contribution is -2.51. The number of nitrogens with zero attached hydrogens (tertiary/aromatic N) is 3. The summed E-state index contributed by atoms with van der Waals surface area (Å²) in [6.45, 7) is 7.79. The van der Waals surface area contributed by atoms with Gasteiger partial charge in [-0.2, -0.15) is 0 Å². The van der Waals surface area contributed by atoms with Crippen LogP contribution < -0.4 is 5.32 Å². The van der Waals surface area contributed by atoms with E-state index in [1.54, 1.807) is 0 Å². The van der Waals surface area contributed by atoms with Crippen LogP contribution in [0.15, 0.2) is 4.99 Å². The molecule has 2 rings (SSSR count). The van der Waals surface area contributed by atoms with Gasteiger partial charge in [-0.15, -0.1) is 0 Å². The van der Waals surface area contributed by atoms with Gasteiger partial charge in [-0.25, -0.2) is 0 Å². The molecule has 3 atom stereocenters. The Balaban J connectivity index is 2.09. The first-order valence-electron chi connectivity index (χ1n) is 8.85. The highest BCUT2D eigenvalue weighted by Crippen LogP contribution is 2.36. The van der Waals surface area contributed by atoms with E-state index in [1.807, 2.05) is 0 Å². The Morgan fingerprint density at radius 1 is 1.41 bits per heavy atom. The van der Waals surface area contributed by atoms with Gasteiger partial charge < -0.3 is 20.2 Å². The molecule has 0 aromatic rings. The maximum atomic E-state index is 9.77. The van der Waals surface area contributed by atoms with Gasteiger partial charge in [-0.3, -0.25) is 4.99 Å². The highest BCUT2D eigenvalue weighted by Gasteiger charge is 2.37. The second kappa shape index (κ2) is 7.64. The topological polar surface area (TPSA) is 51.1 Å². The van der Waals surface area contributed by atoms with E-state index in [2.05, 4.69) is 43.1 Å². The lowest BCUT2D eigenvalue weighted by molar-refractivity contribution is 0.0842. The number of likely N-dealkylation sites (N-methyl/N-ethyl adjacent to an activating group) is 1. The van der Waals surface area contributed by atoms with E-state index in [9.17, 15) is 5.11 Å². The van der Waals surface area contributed by atoms with Gasteiger partial charge in [0.1, 0.15) is 0 Å². The molecule has 2 unspecified atom stereocenters. The third kappa shape index (κ3) is 4.13. The number of aliphatic hydroxyl groups excluding tert-OH is 1. The van der Waals surface area contributed by atoms with E-state index in [-0.39, 0.29) is 11.6 Å². The molecule has 128 valence electrons. The molecular formula is C17H34N4O. The zero-order valence-electron chi connectivity index (χ0n) is 14.8. The number of β-amino-alcohol motifs (C(OH)–C–C–N with tert-alkyl or cyclic N) is 1. The largest absolute Gasteiger partial charge is 0.391 e. The molecular weight excluding hydrogens is 276 g/mol. The van der Waals surface area contributed by atoms with Gasteiger partial charge in [0, 0.05) is 25.2 Å². The first-order valence-corrected chi connectivity index (χ1v) is 8.85. The van der Waals surface area contributed by atoms with Crippen LogP contribution in [0.25, 0.3) is 0 Å². The molecule has 0 bridgehead atoms. The summed E-state index contributed by atoms with van der Waals surface area (Å²) >= 11 is 0. The molecule has 2 aliphatic rings. The molecule has 5 nitrogen and oxygen atoms in total. The van der Waals surface area contributed by atoms with Gasteiger partial charge >= 0.3 is 0 Å². The highest BCUT2D eigenvalue weighted by molar-refractivity contribution is 5.80. The molecule has 0 aromatic carbocycles. The van der Waals surface area contributed by atoms with Gasteiger partial charge in [0.05, 0.1) is 12.6 Å². The van der Waals surface area contributed by atoms with E-state index in [0.29, 0.717) is 6.54 Å². The summed E-state index contributed by atoms with van der Waals surface area (Å²) in [5, 5.41) is 13.2. The zero-order chi connectivity index (χ0) is 16.2. The molecule has 1 saturated heterocycles. The highest BCUT2D eigenvalue weighted by atomic mass is 16.3. The zero-order valence-corrected chi connectivity index (χ0v) is 14.8. The van der Waals surface area contributed by atoms with Crippen LogP contribution in [0.2, 0.25) is 0 Å². The molecule has 1 aliphatic carbocycles. The summed E-state index contributed by atoms with van der Waals surface area (Å²) in [5.74, 6) is 1.75. The maximum absolute atomic E-state index is 9.77. The fraction of sp³-hybridized carbons (Fsp3) is 0.941. The Labute approximate surface area is 135 Å². The van der Waals surface area contributed by atoms with Crippen molar-refractivity contribution < 1.29 is 5.11 Å². The van der Waals surface area contributed by atoms with E-state index in [1.165, 1.54) is 25.7 Å². The lowest BCUT2D eigenvalue weighted by Gasteiger charge is -2.44. The number of hydrogen-bond acceptors (Lipinski definition) is 3. The van der Waals surface area contributed by atoms with E-state index in [0.717, 1.165) is 37.9 Å². The normalized spacial score (nSPS) is 33.5. The number of aliphatic hydroxyl groups is 1. The van der Waals surface area contributed by atoms with Gasteiger partial charge in [0.15, 0.2) is 5.96 Å². The summed E-state index contributed by atoms with van der Waals surface area (Å²) in [5.41, 5.74) is 0.191. The van der Waals surface area contributed by atoms with E-state index >= 15 is 0 Å². The van der Waals surface area contributed by atoms with Crippen LogP contribution >= 0.6 is 0 Å². The van der Waals surface area contributed by atoms with Crippen molar-refractivity contribution in [2.45, 2.75) is 57.6 Å². The first kappa shape index (κ1) is 17.5. The van der Waals surface area contributed by atoms with Crippen LogP contribution in [0.4, 0.5) is 0 Å². The third-order valence-corrected chi connectivity index (χ3v) is 5.34. The second-order valence-electron chi connectivity index (χ2n) is 7.38. The molecule has 2 N–H and O–H groups in total. The molecule has 22 heavy (non-hydrogen) atoms. The average molecular weight is 310 g/mol. The predicted molar refractivity (Wildman–Crippen MR) is 92.2 cm³/mol. The quantitative estimate of drug-likeness (QED) is 0.611. The second-order valence-corrected chi connectivity index (χ2v) is 7.38. The number of nitrogens with one attached hydrogen (secondary N) is 1. The molecule has 2 fully saturated rings. The van der Waals surface area contributed by atoms with Crippen molar-refractivity contribution >= 4 is 5.96 Å². The molecule has 0 aromatic heterocycles. The van der Waals surface area contributed by atoms with E-state index in [4.69, 9.17) is 4.99 Å². The number of likely N-dealkylation sites (tertiary alicyclic amines) is 1. The summed E-state index contributed by atoms with van der Waals surface area (Å²) in [4.78, 5) is 9.54. The van der Waals surface area contributed by atoms with Crippen molar-refractivity contribution in [2.75, 3.05) is 40.3 Å². The van der Waals surface area contributed by atoms with Gasteiger partial charge in [-0.1, -0.05) is 19.8 Å². The molecule has 0 amide bonds. The SMILES string of the molecule is CCNC(=NCC1(N(C)C)CCCC(C)C1)N1CC[C@@H](O)C1. The van der Waals surface area contributed by atoms with E-state index < -0.39 is 0 Å². The smallest absolute Gasteiger partial charge is 0.194 e. The molecule has 1 heterocycles. The minimum absolute atomic E-state index is 0.191. The van der Waals surface area contributed by atoms with Crippen molar-refractivity contribution in [1.29, 1.82) is 0 Å². The number of rotatable bonds is 4. The Kier molecular flexibility index (Phi) is 6.09. The molecule has 5 heteroatoms. The monoisotopic (exact) mass is 310 g/mol. The number of guanidine groups is 1. The van der Waals surface area contributed by atoms with Crippen molar-refractivity contribution in [1.82, 2.24) is 15.1 Å². The van der Waals surface area contributed by atoms with Gasteiger partial charge in [0.2, 0.25) is 0 Å². The summed E-state index contributed by atoms with van der Waals surface area (Å²) in [7, 11) is 4.39. The van der Waals surface area contributed by atoms with Crippen LogP contribution in [0.3, 0.4) is 0 Å². The predicted octanol–water partition coefficient (Wildman–Crippen LogP) is 1.53. The van der Waals surface area contributed by atoms with Crippen LogP contribution in [0.1, 0.15) is 46.0 Å². The molecule has 0 spiro atoms. The maximum Gasteiger partial charge on any atom is 0.194 e. The average Bonchev–Trinajstić information content (AvgIpc) is 2.90. The van der Waals surface area contributed by atoms with Crippen LogP contribution in [-0.4, -0.2) is 72.8 Å².